The van der Waals surface area contributed by atoms with Crippen molar-refractivity contribution in [3.05, 3.63) is 34.6 Å². The highest BCUT2D eigenvalue weighted by Crippen LogP contribution is 2.26. The van der Waals surface area contributed by atoms with Crippen molar-refractivity contribution in [3.8, 4) is 11.5 Å². The van der Waals surface area contributed by atoms with Gasteiger partial charge in [-0.3, -0.25) is 4.90 Å². The molecule has 0 aliphatic heterocycles. The number of benzene rings is 1. The van der Waals surface area contributed by atoms with E-state index < -0.39 is 0 Å². The molecule has 0 bridgehead atoms. The fourth-order valence-electron chi connectivity index (χ4n) is 1.88. The van der Waals surface area contributed by atoms with Crippen LogP contribution in [-0.4, -0.2) is 53.6 Å². The van der Waals surface area contributed by atoms with Gasteiger partial charge in [0.2, 0.25) is 11.8 Å². The molecule has 1 aromatic heterocycles. The van der Waals surface area contributed by atoms with E-state index >= 15 is 0 Å². The van der Waals surface area contributed by atoms with Gasteiger partial charge in [-0.1, -0.05) is 12.1 Å². The molecule has 2 rings (SSSR count). The molecule has 6 nitrogen and oxygen atoms in total. The molecule has 0 saturated carbocycles. The Bertz CT molecular complexity index is 562. The molecule has 0 radical (unpaired) electrons. The van der Waals surface area contributed by atoms with E-state index in [9.17, 15) is 0 Å². The number of hydrogen-bond acceptors (Lipinski definition) is 6. The normalized spacial score (nSPS) is 11.2. The van der Waals surface area contributed by atoms with Crippen LogP contribution in [0, 0.1) is 0 Å². The third-order valence-electron chi connectivity index (χ3n) is 2.96. The van der Waals surface area contributed by atoms with Gasteiger partial charge in [0.05, 0.1) is 25.3 Å². The van der Waals surface area contributed by atoms with E-state index in [1.807, 2.05) is 29.2 Å². The van der Waals surface area contributed by atoms with E-state index in [0.717, 1.165) is 10.0 Å². The Labute approximate surface area is 131 Å². The van der Waals surface area contributed by atoms with Crippen molar-refractivity contribution in [2.24, 2.45) is 0 Å². The fourth-order valence-corrected chi connectivity index (χ4v) is 2.34. The highest BCUT2D eigenvalue weighted by molar-refractivity contribution is 9.10. The van der Waals surface area contributed by atoms with Gasteiger partial charge in [0.25, 0.3) is 0 Å². The summed E-state index contributed by atoms with van der Waals surface area (Å²) in [6, 6.07) is 7.69. The fraction of sp³-hybridized carbons (Fsp3) is 0.429. The van der Waals surface area contributed by atoms with E-state index in [1.54, 1.807) is 7.11 Å². The third kappa shape index (κ3) is 4.60. The summed E-state index contributed by atoms with van der Waals surface area (Å²) in [4.78, 5) is 2.00. The summed E-state index contributed by atoms with van der Waals surface area (Å²) in [7, 11) is 1.65. The van der Waals surface area contributed by atoms with E-state index in [-0.39, 0.29) is 6.61 Å². The van der Waals surface area contributed by atoms with Crippen LogP contribution in [0.1, 0.15) is 5.89 Å². The summed E-state index contributed by atoms with van der Waals surface area (Å²) in [6.45, 7) is 2.39. The molecule has 0 spiro atoms. The van der Waals surface area contributed by atoms with Crippen LogP contribution < -0.4 is 0 Å². The van der Waals surface area contributed by atoms with E-state index in [2.05, 4.69) is 26.1 Å². The van der Waals surface area contributed by atoms with Crippen molar-refractivity contribution < 1.29 is 14.3 Å². The van der Waals surface area contributed by atoms with Gasteiger partial charge < -0.3 is 14.3 Å². The molecule has 114 valence electrons. The first-order chi connectivity index (χ1) is 10.2. The van der Waals surface area contributed by atoms with Gasteiger partial charge in [0.1, 0.15) is 0 Å². The molecule has 1 heterocycles. The minimum Gasteiger partial charge on any atom is -0.419 e. The minimum absolute atomic E-state index is 0.0783. The first-order valence-corrected chi connectivity index (χ1v) is 7.43. The number of rotatable bonds is 8. The lowest BCUT2D eigenvalue weighted by Crippen LogP contribution is -2.30. The van der Waals surface area contributed by atoms with Crippen LogP contribution in [0.2, 0.25) is 0 Å². The molecule has 0 amide bonds. The van der Waals surface area contributed by atoms with Crippen molar-refractivity contribution >= 4 is 15.9 Å². The average molecular weight is 356 g/mol. The van der Waals surface area contributed by atoms with Crippen LogP contribution in [-0.2, 0) is 11.3 Å². The molecule has 21 heavy (non-hydrogen) atoms. The Morgan fingerprint density at radius 3 is 2.81 bits per heavy atom. The van der Waals surface area contributed by atoms with Crippen molar-refractivity contribution in [3.63, 3.8) is 0 Å². The number of aromatic nitrogens is 2. The second kappa shape index (κ2) is 8.23. The number of halogens is 1. The van der Waals surface area contributed by atoms with Gasteiger partial charge in [-0.25, -0.2) is 0 Å². The highest BCUT2D eigenvalue weighted by Gasteiger charge is 2.14. The van der Waals surface area contributed by atoms with Gasteiger partial charge in [-0.15, -0.1) is 10.2 Å². The zero-order valence-electron chi connectivity index (χ0n) is 11.8. The lowest BCUT2D eigenvalue weighted by Gasteiger charge is -2.18. The molecule has 1 N–H and O–H groups in total. The van der Waals surface area contributed by atoms with E-state index in [0.29, 0.717) is 38.0 Å². The maximum atomic E-state index is 9.08. The van der Waals surface area contributed by atoms with Crippen molar-refractivity contribution in [2.45, 2.75) is 6.54 Å². The second-order valence-corrected chi connectivity index (χ2v) is 5.33. The second-order valence-electron chi connectivity index (χ2n) is 4.47. The maximum absolute atomic E-state index is 9.08. The Hall–Kier alpha value is -1.28. The predicted molar refractivity (Wildman–Crippen MR) is 81.7 cm³/mol. The summed E-state index contributed by atoms with van der Waals surface area (Å²) < 4.78 is 11.7. The first kappa shape index (κ1) is 16.1. The smallest absolute Gasteiger partial charge is 0.248 e. The molecular weight excluding hydrogens is 338 g/mol. The SMILES string of the molecule is COCCN(CCO)Cc1nnc(-c2ccccc2Br)o1. The molecule has 0 aliphatic rings. The van der Waals surface area contributed by atoms with Crippen LogP contribution in [0.5, 0.6) is 0 Å². The lowest BCUT2D eigenvalue weighted by molar-refractivity contribution is 0.121. The van der Waals surface area contributed by atoms with Gasteiger partial charge in [0, 0.05) is 24.7 Å². The Morgan fingerprint density at radius 2 is 2.10 bits per heavy atom. The van der Waals surface area contributed by atoms with Crippen LogP contribution >= 0.6 is 15.9 Å². The van der Waals surface area contributed by atoms with Gasteiger partial charge >= 0.3 is 0 Å². The lowest BCUT2D eigenvalue weighted by atomic mass is 10.2. The Balaban J connectivity index is 2.06. The van der Waals surface area contributed by atoms with E-state index in [4.69, 9.17) is 14.3 Å². The van der Waals surface area contributed by atoms with Crippen LogP contribution in [0.3, 0.4) is 0 Å². The van der Waals surface area contributed by atoms with Crippen LogP contribution in [0.4, 0.5) is 0 Å². The molecule has 0 fully saturated rings. The monoisotopic (exact) mass is 355 g/mol. The van der Waals surface area contributed by atoms with Gasteiger partial charge in [-0.2, -0.15) is 0 Å². The summed E-state index contributed by atoms with van der Waals surface area (Å²) in [5.74, 6) is 0.999. The van der Waals surface area contributed by atoms with E-state index in [1.165, 1.54) is 0 Å². The number of aliphatic hydroxyl groups excluding tert-OH is 1. The van der Waals surface area contributed by atoms with Crippen molar-refractivity contribution in [2.75, 3.05) is 33.4 Å². The summed E-state index contributed by atoms with van der Waals surface area (Å²) in [5, 5.41) is 17.2. The Morgan fingerprint density at radius 1 is 1.29 bits per heavy atom. The number of methoxy groups -OCH3 is 1. The molecule has 0 saturated heterocycles. The maximum Gasteiger partial charge on any atom is 0.248 e. The molecule has 2 aromatic rings. The zero-order chi connectivity index (χ0) is 15.1. The number of ether oxygens (including phenoxy) is 1. The highest BCUT2D eigenvalue weighted by atomic mass is 79.9. The molecule has 7 heteroatoms. The molecule has 0 unspecified atom stereocenters. The van der Waals surface area contributed by atoms with Crippen LogP contribution in [0.15, 0.2) is 33.2 Å². The van der Waals surface area contributed by atoms with Gasteiger partial charge in [-0.05, 0) is 28.1 Å². The summed E-state index contributed by atoms with van der Waals surface area (Å²) >= 11 is 3.46. The quantitative estimate of drug-likeness (QED) is 0.780. The molecule has 0 aliphatic carbocycles. The Kier molecular flexibility index (Phi) is 6.31. The van der Waals surface area contributed by atoms with Crippen molar-refractivity contribution in [1.82, 2.24) is 15.1 Å². The van der Waals surface area contributed by atoms with Crippen LogP contribution in [0.25, 0.3) is 11.5 Å². The van der Waals surface area contributed by atoms with Crippen molar-refractivity contribution in [1.29, 1.82) is 0 Å². The summed E-state index contributed by atoms with van der Waals surface area (Å²) in [5.41, 5.74) is 0.863. The largest absolute Gasteiger partial charge is 0.419 e. The third-order valence-corrected chi connectivity index (χ3v) is 3.65. The molecular formula is C14H18BrN3O3. The average Bonchev–Trinajstić information content (AvgIpc) is 2.94. The van der Waals surface area contributed by atoms with Gasteiger partial charge in [0.15, 0.2) is 0 Å². The summed E-state index contributed by atoms with van der Waals surface area (Å²) in [6.07, 6.45) is 0. The zero-order valence-corrected chi connectivity index (χ0v) is 13.4. The number of aliphatic hydroxyl groups is 1. The minimum atomic E-state index is 0.0783. The predicted octanol–water partition coefficient (Wildman–Crippen LogP) is 1.94. The number of nitrogens with zero attached hydrogens (tertiary/aromatic N) is 3. The molecule has 0 atom stereocenters. The number of hydrogen-bond donors (Lipinski definition) is 1. The first-order valence-electron chi connectivity index (χ1n) is 6.64. The topological polar surface area (TPSA) is 71.6 Å². The molecule has 1 aromatic carbocycles. The standard InChI is InChI=1S/C14H18BrN3O3/c1-20-9-7-18(6-8-19)10-13-16-17-14(21-13)11-4-2-3-5-12(11)15/h2-5,19H,6-10H2,1H3.